The van der Waals surface area contributed by atoms with Crippen molar-refractivity contribution in [3.05, 3.63) is 90.0 Å². The summed E-state index contributed by atoms with van der Waals surface area (Å²) in [6.45, 7) is 2.50. The van der Waals surface area contributed by atoms with Crippen molar-refractivity contribution >= 4 is 47.9 Å². The molecule has 3 N–H and O–H groups in total. The van der Waals surface area contributed by atoms with Gasteiger partial charge in [-0.1, -0.05) is 66.7 Å². The van der Waals surface area contributed by atoms with E-state index in [2.05, 4.69) is 69.4 Å². The van der Waals surface area contributed by atoms with E-state index >= 15 is 0 Å². The molecule has 3 heterocycles. The fourth-order valence-corrected chi connectivity index (χ4v) is 6.50. The van der Waals surface area contributed by atoms with Crippen molar-refractivity contribution in [2.24, 2.45) is 0 Å². The third-order valence-corrected chi connectivity index (χ3v) is 8.52. The Labute approximate surface area is 238 Å². The minimum absolute atomic E-state index is 0.127. The van der Waals surface area contributed by atoms with Gasteiger partial charge in [-0.15, -0.1) is 0 Å². The zero-order valence-electron chi connectivity index (χ0n) is 22.0. The van der Waals surface area contributed by atoms with Gasteiger partial charge in [0, 0.05) is 11.4 Å². The Morgan fingerprint density at radius 2 is 1.88 bits per heavy atom. The van der Waals surface area contributed by atoms with Crippen LogP contribution >= 0.6 is 20.1 Å². The lowest BCUT2D eigenvalue weighted by Gasteiger charge is -2.24. The van der Waals surface area contributed by atoms with Gasteiger partial charge in [0.05, 0.1) is 12.7 Å². The number of nitrogens with two attached hydrogens (primary N) is 1. The molecule has 3 aromatic carbocycles. The zero-order chi connectivity index (χ0) is 27.5. The Hall–Kier alpha value is -3.33. The average Bonchev–Trinajstić information content (AvgIpc) is 3.56. The number of aromatic nitrogens is 4. The van der Waals surface area contributed by atoms with Gasteiger partial charge in [0.25, 0.3) is 0 Å². The van der Waals surface area contributed by atoms with Crippen LogP contribution in [0.2, 0.25) is 5.28 Å². The smallest absolute Gasteiger partial charge is 0.318 e. The first-order valence-corrected chi connectivity index (χ1v) is 14.8. The lowest BCUT2D eigenvalue weighted by atomic mass is 10.1. The van der Waals surface area contributed by atoms with E-state index in [-0.39, 0.29) is 29.5 Å². The fraction of sp³-hybridized carbons (Fsp3) is 0.276. The minimum Gasteiger partial charge on any atom is -0.435 e. The summed E-state index contributed by atoms with van der Waals surface area (Å²) >= 11 is 6.45. The van der Waals surface area contributed by atoms with Crippen molar-refractivity contribution in [2.75, 3.05) is 12.3 Å². The van der Waals surface area contributed by atoms with Gasteiger partial charge < -0.3 is 19.5 Å². The Kier molecular flexibility index (Phi) is 8.09. The molecule has 0 radical (unpaired) electrons. The molecule has 6 rings (SSSR count). The molecule has 11 heteroatoms. The summed E-state index contributed by atoms with van der Waals surface area (Å²) in [5.74, 6) is 1.07. The van der Waals surface area contributed by atoms with E-state index in [1.165, 1.54) is 11.9 Å². The maximum absolute atomic E-state index is 6.49. The van der Waals surface area contributed by atoms with Crippen molar-refractivity contribution in [2.45, 2.75) is 44.6 Å². The molecule has 0 aliphatic carbocycles. The number of nitrogens with zero attached hydrogens (tertiary/aromatic N) is 4. The number of rotatable bonds is 10. The van der Waals surface area contributed by atoms with Crippen LogP contribution in [0.15, 0.2) is 79.1 Å². The molecule has 2 aromatic heterocycles. The lowest BCUT2D eigenvalue weighted by Crippen LogP contribution is -2.27. The first-order valence-electron chi connectivity index (χ1n) is 13.2. The van der Waals surface area contributed by atoms with Crippen molar-refractivity contribution < 1.29 is 13.8 Å². The van der Waals surface area contributed by atoms with Crippen LogP contribution in [-0.4, -0.2) is 38.3 Å². The number of fused-ring (bicyclic) bond motifs is 2. The topological polar surface area (TPSA) is 109 Å². The molecule has 0 saturated carbocycles. The normalized spacial score (nSPS) is 18.8. The van der Waals surface area contributed by atoms with E-state index in [1.807, 2.05) is 30.3 Å². The highest BCUT2D eigenvalue weighted by molar-refractivity contribution is 7.45. The minimum atomic E-state index is -1.47. The molecule has 5 aromatic rings. The molecule has 1 aliphatic heterocycles. The highest BCUT2D eigenvalue weighted by Crippen LogP contribution is 2.41. The molecule has 0 bridgehead atoms. The molecule has 40 heavy (non-hydrogen) atoms. The summed E-state index contributed by atoms with van der Waals surface area (Å²) in [5, 5.41) is 6.00. The van der Waals surface area contributed by atoms with Crippen LogP contribution in [0.1, 0.15) is 31.6 Å². The van der Waals surface area contributed by atoms with Crippen molar-refractivity contribution in [3.8, 4) is 5.75 Å². The van der Waals surface area contributed by atoms with Crippen molar-refractivity contribution in [1.82, 2.24) is 24.6 Å². The molecule has 4 unspecified atom stereocenters. The molecule has 206 valence electrons. The molecule has 0 spiro atoms. The number of benzene rings is 3. The maximum atomic E-state index is 6.49. The van der Waals surface area contributed by atoms with E-state index in [9.17, 15) is 0 Å². The van der Waals surface area contributed by atoms with Crippen molar-refractivity contribution in [1.29, 1.82) is 0 Å². The second-order valence-corrected chi connectivity index (χ2v) is 11.4. The molecular formula is C29H30ClN6O3P. The van der Waals surface area contributed by atoms with Crippen LogP contribution < -0.4 is 15.3 Å². The second-order valence-electron chi connectivity index (χ2n) is 9.81. The number of nitrogens with one attached hydrogen (secondary N) is 1. The van der Waals surface area contributed by atoms with Gasteiger partial charge >= 0.3 is 8.53 Å². The summed E-state index contributed by atoms with van der Waals surface area (Å²) in [5.41, 5.74) is 8.24. The summed E-state index contributed by atoms with van der Waals surface area (Å²) in [6, 6.07) is 24.7. The van der Waals surface area contributed by atoms with Crippen LogP contribution in [0.25, 0.3) is 21.9 Å². The summed E-state index contributed by atoms with van der Waals surface area (Å²) in [6.07, 6.45) is 3.31. The average molecular weight is 577 g/mol. The van der Waals surface area contributed by atoms with Crippen LogP contribution in [0.4, 0.5) is 5.82 Å². The highest BCUT2D eigenvalue weighted by atomic mass is 35.5. The number of nitrogen functional groups attached to an aromatic ring is 1. The standard InChI is InChI=1S/C29H30ClN6O3P/c1-19(16-20-8-3-2-4-9-20)35-40(39-24-13-7-11-21-10-5-6-12-23(21)24)37-17-22-14-15-25(38-22)36-28-26(34-29(36)30)27(31)32-18-33-28/h2-13,18-19,22,25,35H,14-17H2,1H3,(H2,31,32,33). The fourth-order valence-electron chi connectivity index (χ4n) is 4.95. The summed E-state index contributed by atoms with van der Waals surface area (Å²) < 4.78 is 21.0. The van der Waals surface area contributed by atoms with Gasteiger partial charge in [-0.25, -0.2) is 20.0 Å². The van der Waals surface area contributed by atoms with Gasteiger partial charge in [-0.05, 0) is 54.8 Å². The lowest BCUT2D eigenvalue weighted by molar-refractivity contribution is -0.0156. The predicted molar refractivity (Wildman–Crippen MR) is 158 cm³/mol. The monoisotopic (exact) mass is 576 g/mol. The molecule has 0 amide bonds. The van der Waals surface area contributed by atoms with E-state index < -0.39 is 8.53 Å². The number of imidazole rings is 1. The van der Waals surface area contributed by atoms with Crippen LogP contribution in [-0.2, 0) is 15.7 Å². The number of anilines is 1. The van der Waals surface area contributed by atoms with E-state index in [0.717, 1.165) is 35.8 Å². The Bertz CT molecular complexity index is 1600. The highest BCUT2D eigenvalue weighted by Gasteiger charge is 2.32. The number of halogens is 1. The molecule has 4 atom stereocenters. The number of ether oxygens (including phenoxy) is 1. The van der Waals surface area contributed by atoms with Gasteiger partial charge in [0.2, 0.25) is 5.28 Å². The SMILES string of the molecule is CC(Cc1ccccc1)NP(OCC1CCC(n2c(Cl)nc3c(N)ncnc32)O1)Oc1cccc2ccccc12. The number of hydrogen-bond acceptors (Lipinski definition) is 8. The third kappa shape index (κ3) is 5.89. The first-order chi connectivity index (χ1) is 19.5. The van der Waals surface area contributed by atoms with Crippen LogP contribution in [0.3, 0.4) is 0 Å². The molecule has 1 fully saturated rings. The molecular weight excluding hydrogens is 547 g/mol. The quantitative estimate of drug-likeness (QED) is 0.144. The largest absolute Gasteiger partial charge is 0.435 e. The van der Waals surface area contributed by atoms with Crippen LogP contribution in [0, 0.1) is 0 Å². The first kappa shape index (κ1) is 26.9. The summed E-state index contributed by atoms with van der Waals surface area (Å²) in [4.78, 5) is 12.7. The van der Waals surface area contributed by atoms with E-state index in [0.29, 0.717) is 17.8 Å². The second kappa shape index (κ2) is 12.0. The van der Waals surface area contributed by atoms with E-state index in [4.69, 9.17) is 31.1 Å². The molecule has 1 saturated heterocycles. The Morgan fingerprint density at radius 3 is 2.75 bits per heavy atom. The van der Waals surface area contributed by atoms with Gasteiger partial charge in [-0.2, -0.15) is 0 Å². The third-order valence-electron chi connectivity index (χ3n) is 6.85. The molecule has 9 nitrogen and oxygen atoms in total. The van der Waals surface area contributed by atoms with Gasteiger partial charge in [0.15, 0.2) is 17.0 Å². The Morgan fingerprint density at radius 1 is 1.07 bits per heavy atom. The predicted octanol–water partition coefficient (Wildman–Crippen LogP) is 6.44. The molecule has 1 aliphatic rings. The maximum Gasteiger partial charge on any atom is 0.318 e. The Balaban J connectivity index is 1.16. The summed E-state index contributed by atoms with van der Waals surface area (Å²) in [7, 11) is -1.47. The van der Waals surface area contributed by atoms with Crippen molar-refractivity contribution in [3.63, 3.8) is 0 Å². The number of hydrogen-bond donors (Lipinski definition) is 2. The zero-order valence-corrected chi connectivity index (χ0v) is 23.6. The van der Waals surface area contributed by atoms with E-state index in [1.54, 1.807) is 4.57 Å². The van der Waals surface area contributed by atoms with Gasteiger partial charge in [-0.3, -0.25) is 4.57 Å². The van der Waals surface area contributed by atoms with Crippen LogP contribution in [0.5, 0.6) is 5.75 Å². The van der Waals surface area contributed by atoms with Gasteiger partial charge in [0.1, 0.15) is 18.3 Å².